The summed E-state index contributed by atoms with van der Waals surface area (Å²) in [5.74, 6) is 0.0954. The zero-order valence-corrected chi connectivity index (χ0v) is 13.3. The third kappa shape index (κ3) is 3.93. The molecule has 0 saturated carbocycles. The number of para-hydroxylation sites is 2. The van der Waals surface area contributed by atoms with Crippen LogP contribution in [0.25, 0.3) is 11.0 Å². The second-order valence-electron chi connectivity index (χ2n) is 5.41. The first kappa shape index (κ1) is 16.2. The molecule has 22 heavy (non-hydrogen) atoms. The molecule has 1 heterocycles. The lowest BCUT2D eigenvalue weighted by atomic mass is 10.2. The molecule has 0 spiro atoms. The number of fused-ring (bicyclic) bond motifs is 1. The molecule has 5 heteroatoms. The molecule has 1 aromatic heterocycles. The second-order valence-corrected chi connectivity index (χ2v) is 5.41. The summed E-state index contributed by atoms with van der Waals surface area (Å²) in [6, 6.07) is 7.42. The van der Waals surface area contributed by atoms with E-state index in [1.165, 1.54) is 0 Å². The Hall–Kier alpha value is -2.17. The minimum Gasteiger partial charge on any atom is -0.343 e. The molecule has 1 aromatic carbocycles. The van der Waals surface area contributed by atoms with Gasteiger partial charge in [-0.25, -0.2) is 4.98 Å². The second kappa shape index (κ2) is 7.73. The van der Waals surface area contributed by atoms with Crippen LogP contribution in [-0.2, 0) is 11.2 Å². The number of carbonyl (C=O) groups excluding carboxylic acids is 1. The zero-order valence-electron chi connectivity index (χ0n) is 13.3. The maximum Gasteiger partial charge on any atom is 0.270 e. The van der Waals surface area contributed by atoms with Gasteiger partial charge in [-0.1, -0.05) is 26.0 Å². The highest BCUT2D eigenvalue weighted by Crippen LogP contribution is 2.08. The number of aromatic nitrogens is 2. The van der Waals surface area contributed by atoms with Gasteiger partial charge in [0.25, 0.3) is 5.56 Å². The lowest BCUT2D eigenvalue weighted by Crippen LogP contribution is -2.33. The highest BCUT2D eigenvalue weighted by Gasteiger charge is 2.13. The summed E-state index contributed by atoms with van der Waals surface area (Å²) >= 11 is 0. The van der Waals surface area contributed by atoms with Crippen LogP contribution in [0.5, 0.6) is 0 Å². The largest absolute Gasteiger partial charge is 0.343 e. The molecule has 0 aliphatic rings. The van der Waals surface area contributed by atoms with Crippen LogP contribution in [-0.4, -0.2) is 33.9 Å². The number of hydrogen-bond donors (Lipinski definition) is 1. The van der Waals surface area contributed by atoms with E-state index in [9.17, 15) is 9.59 Å². The van der Waals surface area contributed by atoms with E-state index in [2.05, 4.69) is 23.8 Å². The van der Waals surface area contributed by atoms with Crippen LogP contribution in [0, 0.1) is 0 Å². The summed E-state index contributed by atoms with van der Waals surface area (Å²) in [5.41, 5.74) is 1.70. The lowest BCUT2D eigenvalue weighted by molar-refractivity contribution is -0.131. The number of benzene rings is 1. The number of nitrogens with zero attached hydrogens (tertiary/aromatic N) is 2. The van der Waals surface area contributed by atoms with Gasteiger partial charge in [-0.3, -0.25) is 9.59 Å². The average molecular weight is 301 g/mol. The monoisotopic (exact) mass is 301 g/mol. The van der Waals surface area contributed by atoms with Crippen molar-refractivity contribution in [1.82, 2.24) is 14.9 Å². The van der Waals surface area contributed by atoms with E-state index in [4.69, 9.17) is 0 Å². The molecule has 1 amide bonds. The normalized spacial score (nSPS) is 10.8. The standard InChI is InChI=1S/C17H23N3O2/c1-3-11-20(12-4-2)16(21)10-9-15-17(22)19-14-8-6-5-7-13(14)18-15/h5-8H,3-4,9-12H2,1-2H3,(H,19,22). The Morgan fingerprint density at radius 1 is 1.18 bits per heavy atom. The summed E-state index contributed by atoms with van der Waals surface area (Å²) in [7, 11) is 0. The first-order valence-electron chi connectivity index (χ1n) is 7.91. The van der Waals surface area contributed by atoms with Crippen LogP contribution in [0.3, 0.4) is 0 Å². The summed E-state index contributed by atoms with van der Waals surface area (Å²) < 4.78 is 0. The van der Waals surface area contributed by atoms with E-state index in [0.29, 0.717) is 18.5 Å². The molecular formula is C17H23N3O2. The van der Waals surface area contributed by atoms with Gasteiger partial charge in [0, 0.05) is 25.9 Å². The van der Waals surface area contributed by atoms with Gasteiger partial charge in [0.1, 0.15) is 5.69 Å². The van der Waals surface area contributed by atoms with Gasteiger partial charge in [-0.2, -0.15) is 0 Å². The number of hydrogen-bond acceptors (Lipinski definition) is 3. The lowest BCUT2D eigenvalue weighted by Gasteiger charge is -2.21. The Balaban J connectivity index is 2.09. The van der Waals surface area contributed by atoms with Gasteiger partial charge in [0.2, 0.25) is 5.91 Å². The number of aryl methyl sites for hydroxylation is 1. The topological polar surface area (TPSA) is 66.1 Å². The fourth-order valence-corrected chi connectivity index (χ4v) is 2.52. The number of H-pyrrole nitrogens is 1. The van der Waals surface area contributed by atoms with Gasteiger partial charge >= 0.3 is 0 Å². The molecule has 0 fully saturated rings. The maximum absolute atomic E-state index is 12.3. The number of nitrogens with one attached hydrogen (secondary N) is 1. The van der Waals surface area contributed by atoms with E-state index in [0.717, 1.165) is 37.0 Å². The van der Waals surface area contributed by atoms with Gasteiger partial charge in [-0.05, 0) is 25.0 Å². The number of rotatable bonds is 7. The van der Waals surface area contributed by atoms with Crippen molar-refractivity contribution >= 4 is 16.9 Å². The van der Waals surface area contributed by atoms with Crippen molar-refractivity contribution < 1.29 is 4.79 Å². The highest BCUT2D eigenvalue weighted by atomic mass is 16.2. The molecule has 0 bridgehead atoms. The van der Waals surface area contributed by atoms with Gasteiger partial charge in [0.15, 0.2) is 0 Å². The third-order valence-corrected chi connectivity index (χ3v) is 3.59. The smallest absolute Gasteiger partial charge is 0.270 e. The van der Waals surface area contributed by atoms with Crippen LogP contribution in [0.15, 0.2) is 29.1 Å². The molecule has 0 saturated heterocycles. The number of aromatic amines is 1. The summed E-state index contributed by atoms with van der Waals surface area (Å²) in [6.07, 6.45) is 2.60. The maximum atomic E-state index is 12.3. The van der Waals surface area contributed by atoms with Gasteiger partial charge in [0.05, 0.1) is 11.0 Å². The number of carbonyl (C=O) groups is 1. The minimum atomic E-state index is -0.205. The molecular weight excluding hydrogens is 278 g/mol. The van der Waals surface area contributed by atoms with Gasteiger partial charge < -0.3 is 9.88 Å². The molecule has 0 aliphatic carbocycles. The molecule has 0 radical (unpaired) electrons. The molecule has 118 valence electrons. The predicted octanol–water partition coefficient (Wildman–Crippen LogP) is 2.50. The van der Waals surface area contributed by atoms with E-state index in [1.807, 2.05) is 29.2 Å². The van der Waals surface area contributed by atoms with Crippen LogP contribution in [0.2, 0.25) is 0 Å². The number of amides is 1. The third-order valence-electron chi connectivity index (χ3n) is 3.59. The van der Waals surface area contributed by atoms with Crippen LogP contribution in [0.1, 0.15) is 38.8 Å². The molecule has 5 nitrogen and oxygen atoms in total. The van der Waals surface area contributed by atoms with Crippen molar-refractivity contribution in [2.75, 3.05) is 13.1 Å². The van der Waals surface area contributed by atoms with Crippen LogP contribution < -0.4 is 5.56 Å². The van der Waals surface area contributed by atoms with Crippen LogP contribution in [0.4, 0.5) is 0 Å². The van der Waals surface area contributed by atoms with E-state index >= 15 is 0 Å². The first-order chi connectivity index (χ1) is 10.7. The van der Waals surface area contributed by atoms with E-state index < -0.39 is 0 Å². The van der Waals surface area contributed by atoms with Crippen molar-refractivity contribution in [2.45, 2.75) is 39.5 Å². The quantitative estimate of drug-likeness (QED) is 0.854. The Morgan fingerprint density at radius 3 is 2.55 bits per heavy atom. The van der Waals surface area contributed by atoms with Gasteiger partial charge in [-0.15, -0.1) is 0 Å². The summed E-state index contributed by atoms with van der Waals surface area (Å²) in [5, 5.41) is 0. The fraction of sp³-hybridized carbons (Fsp3) is 0.471. The highest BCUT2D eigenvalue weighted by molar-refractivity contribution is 5.77. The molecule has 2 aromatic rings. The fourth-order valence-electron chi connectivity index (χ4n) is 2.52. The van der Waals surface area contributed by atoms with Crippen molar-refractivity contribution in [3.8, 4) is 0 Å². The van der Waals surface area contributed by atoms with Crippen molar-refractivity contribution in [3.63, 3.8) is 0 Å². The summed E-state index contributed by atoms with van der Waals surface area (Å²) in [4.78, 5) is 33.4. The Bertz CT molecular complexity index is 688. The van der Waals surface area contributed by atoms with Crippen molar-refractivity contribution in [2.24, 2.45) is 0 Å². The molecule has 0 aliphatic heterocycles. The van der Waals surface area contributed by atoms with Crippen LogP contribution >= 0.6 is 0 Å². The average Bonchev–Trinajstić information content (AvgIpc) is 2.52. The van der Waals surface area contributed by atoms with Crippen molar-refractivity contribution in [1.29, 1.82) is 0 Å². The Morgan fingerprint density at radius 2 is 1.86 bits per heavy atom. The zero-order chi connectivity index (χ0) is 15.9. The minimum absolute atomic E-state index is 0.0954. The predicted molar refractivity (Wildman–Crippen MR) is 87.8 cm³/mol. The van der Waals surface area contributed by atoms with Crippen molar-refractivity contribution in [3.05, 3.63) is 40.3 Å². The first-order valence-corrected chi connectivity index (χ1v) is 7.91. The Kier molecular flexibility index (Phi) is 5.69. The van der Waals surface area contributed by atoms with E-state index in [-0.39, 0.29) is 11.5 Å². The Labute approximate surface area is 130 Å². The molecule has 1 N–H and O–H groups in total. The SMILES string of the molecule is CCCN(CCC)C(=O)CCc1nc2ccccc2[nH]c1=O. The molecule has 2 rings (SSSR count). The molecule has 0 atom stereocenters. The summed E-state index contributed by atoms with van der Waals surface area (Å²) in [6.45, 7) is 5.67. The van der Waals surface area contributed by atoms with E-state index in [1.54, 1.807) is 0 Å². The molecule has 0 unspecified atom stereocenters.